The van der Waals surface area contributed by atoms with E-state index in [4.69, 9.17) is 4.74 Å². The van der Waals surface area contributed by atoms with Gasteiger partial charge in [-0.1, -0.05) is 18.6 Å². The van der Waals surface area contributed by atoms with E-state index in [0.29, 0.717) is 13.2 Å². The van der Waals surface area contributed by atoms with Gasteiger partial charge < -0.3 is 15.2 Å². The van der Waals surface area contributed by atoms with E-state index < -0.39 is 23.8 Å². The standard InChI is InChI=1S/C16H20F3NO3/c1-23-10-15(7-2-8-15)9-20-14(22)13(21)11-3-5-12(6-4-11)16(17,18)19/h3-6,13,21H,2,7-10H2,1H3,(H,20,22). The van der Waals surface area contributed by atoms with Gasteiger partial charge in [-0.05, 0) is 30.5 Å². The van der Waals surface area contributed by atoms with E-state index in [9.17, 15) is 23.1 Å². The van der Waals surface area contributed by atoms with E-state index >= 15 is 0 Å². The first-order valence-corrected chi connectivity index (χ1v) is 7.39. The van der Waals surface area contributed by atoms with Crippen molar-refractivity contribution in [2.75, 3.05) is 20.3 Å². The van der Waals surface area contributed by atoms with Crippen LogP contribution >= 0.6 is 0 Å². The molecule has 1 atom stereocenters. The summed E-state index contributed by atoms with van der Waals surface area (Å²) in [6, 6.07) is 3.93. The highest BCUT2D eigenvalue weighted by Gasteiger charge is 2.37. The van der Waals surface area contributed by atoms with Crippen molar-refractivity contribution < 1.29 is 27.8 Å². The topological polar surface area (TPSA) is 58.6 Å². The molecule has 1 aliphatic rings. The molecule has 2 N–H and O–H groups in total. The molecule has 1 unspecified atom stereocenters. The molecule has 0 radical (unpaired) electrons. The van der Waals surface area contributed by atoms with Gasteiger partial charge in [0, 0.05) is 19.1 Å². The number of alkyl halides is 3. The average Bonchev–Trinajstić information content (AvgIpc) is 2.48. The molecule has 0 heterocycles. The molecule has 1 amide bonds. The molecule has 128 valence electrons. The number of ether oxygens (including phenoxy) is 1. The van der Waals surface area contributed by atoms with Crippen molar-refractivity contribution in [3.8, 4) is 0 Å². The van der Waals surface area contributed by atoms with E-state index in [1.54, 1.807) is 7.11 Å². The Morgan fingerprint density at radius 3 is 2.39 bits per heavy atom. The molecule has 7 heteroatoms. The first-order valence-electron chi connectivity index (χ1n) is 7.39. The quantitative estimate of drug-likeness (QED) is 0.843. The number of methoxy groups -OCH3 is 1. The van der Waals surface area contributed by atoms with Gasteiger partial charge in [0.1, 0.15) is 0 Å². The zero-order valence-corrected chi connectivity index (χ0v) is 12.8. The van der Waals surface area contributed by atoms with Crippen LogP contribution < -0.4 is 5.32 Å². The number of carbonyl (C=O) groups is 1. The Labute approximate surface area is 132 Å². The van der Waals surface area contributed by atoms with E-state index in [2.05, 4.69) is 5.32 Å². The van der Waals surface area contributed by atoms with Crippen molar-refractivity contribution in [2.45, 2.75) is 31.5 Å². The van der Waals surface area contributed by atoms with Crippen LogP contribution in [0, 0.1) is 5.41 Å². The molecule has 1 aromatic carbocycles. The first kappa shape index (κ1) is 17.7. The fourth-order valence-electron chi connectivity index (χ4n) is 2.73. The summed E-state index contributed by atoms with van der Waals surface area (Å²) in [6.45, 7) is 0.918. The summed E-state index contributed by atoms with van der Waals surface area (Å²) in [5.41, 5.74) is -0.781. The number of amides is 1. The molecule has 0 saturated heterocycles. The van der Waals surface area contributed by atoms with Crippen LogP contribution in [0.4, 0.5) is 13.2 Å². The zero-order chi connectivity index (χ0) is 17.1. The van der Waals surface area contributed by atoms with Crippen molar-refractivity contribution in [2.24, 2.45) is 5.41 Å². The lowest BCUT2D eigenvalue weighted by atomic mass is 9.69. The summed E-state index contributed by atoms with van der Waals surface area (Å²) in [6.07, 6.45) is -2.98. The van der Waals surface area contributed by atoms with Gasteiger partial charge in [-0.25, -0.2) is 0 Å². The molecule has 1 saturated carbocycles. The van der Waals surface area contributed by atoms with E-state index in [-0.39, 0.29) is 11.0 Å². The smallest absolute Gasteiger partial charge is 0.384 e. The molecule has 0 bridgehead atoms. The summed E-state index contributed by atoms with van der Waals surface area (Å²) in [4.78, 5) is 12.0. The number of rotatable bonds is 6. The second-order valence-corrected chi connectivity index (χ2v) is 6.03. The Bertz CT molecular complexity index is 538. The molecule has 4 nitrogen and oxygen atoms in total. The van der Waals surface area contributed by atoms with Crippen molar-refractivity contribution in [3.63, 3.8) is 0 Å². The predicted octanol–water partition coefficient (Wildman–Crippen LogP) is 2.67. The van der Waals surface area contributed by atoms with Crippen molar-refractivity contribution >= 4 is 5.91 Å². The molecule has 1 fully saturated rings. The summed E-state index contributed by atoms with van der Waals surface area (Å²) in [5.74, 6) is -0.618. The van der Waals surface area contributed by atoms with Crippen LogP contribution in [0.2, 0.25) is 0 Å². The second-order valence-electron chi connectivity index (χ2n) is 6.03. The average molecular weight is 331 g/mol. The summed E-state index contributed by atoms with van der Waals surface area (Å²) >= 11 is 0. The fraction of sp³-hybridized carbons (Fsp3) is 0.562. The van der Waals surface area contributed by atoms with Gasteiger partial charge in [0.2, 0.25) is 0 Å². The lowest BCUT2D eigenvalue weighted by molar-refractivity contribution is -0.137. The number of aliphatic hydroxyl groups is 1. The Kier molecular flexibility index (Phi) is 5.31. The van der Waals surface area contributed by atoms with Crippen LogP contribution in [0.25, 0.3) is 0 Å². The summed E-state index contributed by atoms with van der Waals surface area (Å²) in [5, 5.41) is 12.6. The highest BCUT2D eigenvalue weighted by Crippen LogP contribution is 2.40. The number of hydrogen-bond donors (Lipinski definition) is 2. The van der Waals surface area contributed by atoms with Crippen LogP contribution in [0.3, 0.4) is 0 Å². The maximum absolute atomic E-state index is 12.5. The van der Waals surface area contributed by atoms with Gasteiger partial charge in [-0.15, -0.1) is 0 Å². The fourth-order valence-corrected chi connectivity index (χ4v) is 2.73. The highest BCUT2D eigenvalue weighted by molar-refractivity contribution is 5.81. The van der Waals surface area contributed by atoms with E-state index in [1.807, 2.05) is 0 Å². The van der Waals surface area contributed by atoms with Gasteiger partial charge in [-0.3, -0.25) is 4.79 Å². The minimum absolute atomic E-state index is 0.0930. The monoisotopic (exact) mass is 331 g/mol. The van der Waals surface area contributed by atoms with Crippen LogP contribution in [0.1, 0.15) is 36.5 Å². The molecular weight excluding hydrogens is 311 g/mol. The minimum Gasteiger partial charge on any atom is -0.384 e. The molecule has 23 heavy (non-hydrogen) atoms. The molecule has 1 aromatic rings. The third-order valence-corrected chi connectivity index (χ3v) is 4.30. The molecule has 0 aliphatic heterocycles. The third-order valence-electron chi connectivity index (χ3n) is 4.30. The van der Waals surface area contributed by atoms with Crippen LogP contribution in [0.5, 0.6) is 0 Å². The lowest BCUT2D eigenvalue weighted by Crippen LogP contribution is -2.46. The van der Waals surface area contributed by atoms with Gasteiger partial charge in [0.05, 0.1) is 12.2 Å². The van der Waals surface area contributed by atoms with E-state index in [0.717, 1.165) is 43.5 Å². The molecule has 0 spiro atoms. The Morgan fingerprint density at radius 1 is 1.35 bits per heavy atom. The SMILES string of the molecule is COCC1(CNC(=O)C(O)c2ccc(C(F)(F)F)cc2)CCC1. The number of aliphatic hydroxyl groups excluding tert-OH is 1. The molecule has 1 aliphatic carbocycles. The Hall–Kier alpha value is -1.60. The summed E-state index contributed by atoms with van der Waals surface area (Å²) < 4.78 is 42.6. The van der Waals surface area contributed by atoms with Crippen LogP contribution in [0.15, 0.2) is 24.3 Å². The second kappa shape index (κ2) is 6.88. The molecule has 2 rings (SSSR count). The maximum Gasteiger partial charge on any atom is 0.416 e. The number of carbonyl (C=O) groups excluding carboxylic acids is 1. The predicted molar refractivity (Wildman–Crippen MR) is 77.6 cm³/mol. The van der Waals surface area contributed by atoms with Gasteiger partial charge >= 0.3 is 6.18 Å². The zero-order valence-electron chi connectivity index (χ0n) is 12.8. The van der Waals surface area contributed by atoms with Crippen LogP contribution in [-0.4, -0.2) is 31.3 Å². The van der Waals surface area contributed by atoms with E-state index in [1.165, 1.54) is 0 Å². The third kappa shape index (κ3) is 4.23. The molecular formula is C16H20F3NO3. The maximum atomic E-state index is 12.5. The van der Waals surface area contributed by atoms with Crippen molar-refractivity contribution in [3.05, 3.63) is 35.4 Å². The van der Waals surface area contributed by atoms with Crippen molar-refractivity contribution in [1.29, 1.82) is 0 Å². The molecule has 0 aromatic heterocycles. The largest absolute Gasteiger partial charge is 0.416 e. The highest BCUT2D eigenvalue weighted by atomic mass is 19.4. The summed E-state index contributed by atoms with van der Waals surface area (Å²) in [7, 11) is 1.60. The minimum atomic E-state index is -4.44. The number of halogens is 3. The number of benzene rings is 1. The number of nitrogens with one attached hydrogen (secondary N) is 1. The Morgan fingerprint density at radius 2 is 1.96 bits per heavy atom. The lowest BCUT2D eigenvalue weighted by Gasteiger charge is -2.41. The Balaban J connectivity index is 1.94. The first-order chi connectivity index (χ1) is 10.8. The van der Waals surface area contributed by atoms with Gasteiger partial charge in [0.15, 0.2) is 6.10 Å². The van der Waals surface area contributed by atoms with Crippen molar-refractivity contribution in [1.82, 2.24) is 5.32 Å². The van der Waals surface area contributed by atoms with Gasteiger partial charge in [0.25, 0.3) is 5.91 Å². The number of hydrogen-bond acceptors (Lipinski definition) is 3. The van der Waals surface area contributed by atoms with Crippen LogP contribution in [-0.2, 0) is 15.7 Å². The van der Waals surface area contributed by atoms with Gasteiger partial charge in [-0.2, -0.15) is 13.2 Å². The normalized spacial score (nSPS) is 18.1.